The fraction of sp³-hybridized carbons (Fsp3) is 0.330. The second-order valence-electron chi connectivity index (χ2n) is 28.2. The van der Waals surface area contributed by atoms with Crippen LogP contribution in [0, 0.1) is 25.1 Å². The predicted octanol–water partition coefficient (Wildman–Crippen LogP) is 18.5. The van der Waals surface area contributed by atoms with E-state index in [2.05, 4.69) is 103 Å². The number of aryl methyl sites for hydroxylation is 2. The van der Waals surface area contributed by atoms with Gasteiger partial charge in [-0.25, -0.2) is 100 Å². The number of nitrogens with two attached hydrogens (primary N) is 1. The largest absolute Gasteiger partial charge is 0.461 e. The summed E-state index contributed by atoms with van der Waals surface area (Å²) in [6.45, 7) is 41.9. The molecule has 0 fully saturated rings. The van der Waals surface area contributed by atoms with Crippen molar-refractivity contribution in [1.29, 1.82) is 0 Å². The molecule has 0 aliphatic heterocycles. The van der Waals surface area contributed by atoms with Gasteiger partial charge >= 0.3 is 137 Å². The third-order valence-corrected chi connectivity index (χ3v) is 35.1. The number of hydrogen-bond donors (Lipinski definition) is 1. The summed E-state index contributed by atoms with van der Waals surface area (Å²) in [5.74, 6) is -3.08. The second kappa shape index (κ2) is 54.8. The third kappa shape index (κ3) is 29.8. The van der Waals surface area contributed by atoms with Crippen LogP contribution in [-0.4, -0.2) is 198 Å². The third-order valence-electron chi connectivity index (χ3n) is 19.0. The van der Waals surface area contributed by atoms with E-state index in [4.69, 9.17) is 47.6 Å². The van der Waals surface area contributed by atoms with Gasteiger partial charge in [0.05, 0.1) is 97.9 Å². The Morgan fingerprint density at radius 1 is 0.515 bits per heavy atom. The summed E-state index contributed by atoms with van der Waals surface area (Å²) in [4.78, 5) is 101. The van der Waals surface area contributed by atoms with Crippen molar-refractivity contribution in [2.45, 2.75) is 159 Å². The molecule has 1 atom stereocenters. The molecule has 0 spiro atoms. The number of aromatic nitrogens is 17. The van der Waals surface area contributed by atoms with E-state index < -0.39 is 69.3 Å². The molecule has 1 unspecified atom stereocenters. The molecule has 14 aromatic rings. The number of benzene rings is 3. The van der Waals surface area contributed by atoms with Gasteiger partial charge in [-0.2, -0.15) is 25.5 Å². The molecular weight excluding hydrogens is 1840 g/mol. The number of halogens is 3. The van der Waals surface area contributed by atoms with Crippen LogP contribution in [0.5, 0.6) is 0 Å². The Balaban J connectivity index is 0.000000238. The number of aliphatic imine (C=N–C) groups is 1. The number of ether oxygens (including phenoxy) is 5. The van der Waals surface area contributed by atoms with Crippen molar-refractivity contribution in [3.63, 3.8) is 0 Å². The Morgan fingerprint density at radius 3 is 1.27 bits per heavy atom. The van der Waals surface area contributed by atoms with Crippen molar-refractivity contribution in [2.24, 2.45) is 10.7 Å². The van der Waals surface area contributed by atoms with E-state index in [1.807, 2.05) is 38.3 Å². The number of hydrogen-bond acceptors (Lipinski definition) is 26. The number of imidazole rings is 6. The molecule has 3 aromatic carbocycles. The van der Waals surface area contributed by atoms with Crippen molar-refractivity contribution >= 4 is 116 Å². The smallest absolute Gasteiger partial charge is 0.358 e. The van der Waals surface area contributed by atoms with E-state index >= 15 is 0 Å². The number of fused-ring (bicyclic) bond motifs is 5. The monoisotopic (exact) mass is 1950 g/mol. The molecule has 2 N–H and O–H groups in total. The minimum Gasteiger partial charge on any atom is -0.461 e. The SMILES string of the molecule is C.C=Cc1ccc2ncc(C(=O)OCC)n2n1.C=[CH][Sn]([CH2]CCC)([CH2]CCC)[CH2]CCC.CCN.CCN=Cc1ccc2ncc(C(=O)OCC)n2n1.CCOC(=O)c1cnc2ccc(-c3c(-c4ccc(F)cc4)ncn3CC)nn12.CCOC(=O)c1cnc2ccc(C=O)nn12.CCOC(=O)c1cnc2ccc(Cl)nn12.[C-]#[N+]C(c1ccc(F)cc1)S(=O)(=O)c1ccc(C)cc1. The summed E-state index contributed by atoms with van der Waals surface area (Å²) in [6.07, 6.45) is 21.2. The standard InChI is InChI=1S/C20H18FN5O2.C15H12FNO2S.C12H14N4O2.C11H11N3O2.C10H9N3O3.C9H8ClN3O2.3C4H9.C2H7N.C2H3.CH4.Sn/c1-3-25-12-23-18(13-5-7-14(21)8-6-13)19(25)15-9-10-17-22-11-16(26(17)24-15)20(27)28-4-2;1-11-3-9-14(10-4-11)20(18,19)15(17-2)12-5-7-13(16)8-6-12;1-3-13-7-9-5-6-11-14-8-10(16(11)15-9)12(17)18-4-2;1-3-8-5-6-10-12-7-9(14(10)13-8)11(15)16-4-2;1-2-16-10(15)8-5-11-9-4-3-7(6-14)12-13(8)9;1-2-15-9(14)6-5-11-8-4-3-7(10)12-13(6)8;3*1-3-4-2;1-2-3;1-2;;/h5-12H,3-4H2,1-2H3;3-10,15H,1H3;5-8H,3-4H2,1-2H3;3,5-7H,1,4H2,2H3;3-6H,2H2,1H3;3-5H,2H2,1H3;3*1,3-4H2,2H3;2-3H2,1H3;1H,2H2;1H4;. The fourth-order valence-electron chi connectivity index (χ4n) is 12.4. The zero-order valence-electron chi connectivity index (χ0n) is 75.4. The number of rotatable bonds is 30. The van der Waals surface area contributed by atoms with Gasteiger partial charge in [0.25, 0.3) is 9.84 Å². The molecular formula is C94H113ClF2N20O13SSn. The van der Waals surface area contributed by atoms with Gasteiger partial charge in [0.2, 0.25) is 0 Å². The molecule has 132 heavy (non-hydrogen) atoms. The maximum Gasteiger partial charge on any atom is 0.358 e. The summed E-state index contributed by atoms with van der Waals surface area (Å²) in [5.41, 5.74) is 14.7. The topological polar surface area (TPSA) is 394 Å². The van der Waals surface area contributed by atoms with Crippen LogP contribution in [0.2, 0.25) is 18.5 Å². The average Bonchev–Trinajstić information content (AvgIpc) is 1.47. The van der Waals surface area contributed by atoms with Crippen molar-refractivity contribution in [3.8, 4) is 22.6 Å². The van der Waals surface area contributed by atoms with Crippen molar-refractivity contribution in [1.82, 2.24) is 82.5 Å². The van der Waals surface area contributed by atoms with Crippen LogP contribution in [0.25, 0.3) is 61.8 Å². The van der Waals surface area contributed by atoms with Gasteiger partial charge in [-0.15, -0.1) is 0 Å². The first kappa shape index (κ1) is 107. The quantitative estimate of drug-likeness (QED) is 0.0109. The Morgan fingerprint density at radius 2 is 0.886 bits per heavy atom. The van der Waals surface area contributed by atoms with Crippen molar-refractivity contribution in [3.05, 3.63) is 273 Å². The number of sulfone groups is 1. The van der Waals surface area contributed by atoms with Crippen LogP contribution in [0.4, 0.5) is 8.78 Å². The minimum absolute atomic E-state index is 0. The number of nitrogens with zero attached hydrogens (tertiary/aromatic N) is 19. The van der Waals surface area contributed by atoms with Crippen LogP contribution in [-0.2, 0) is 40.1 Å². The first-order chi connectivity index (χ1) is 63.2. The molecule has 698 valence electrons. The molecule has 0 aliphatic rings. The van der Waals surface area contributed by atoms with Gasteiger partial charge in [-0.1, -0.05) is 50.2 Å². The van der Waals surface area contributed by atoms with E-state index in [0.717, 1.165) is 35.5 Å². The molecule has 11 heterocycles. The normalized spacial score (nSPS) is 11.0. The van der Waals surface area contributed by atoms with Crippen LogP contribution >= 0.6 is 11.6 Å². The maximum absolute atomic E-state index is 13.3. The Labute approximate surface area is 775 Å². The van der Waals surface area contributed by atoms with E-state index in [9.17, 15) is 46.0 Å². The molecule has 0 bridgehead atoms. The van der Waals surface area contributed by atoms with Crippen LogP contribution < -0.4 is 5.73 Å². The Kier molecular flexibility index (Phi) is 44.6. The van der Waals surface area contributed by atoms with Crippen molar-refractivity contribution in [2.75, 3.05) is 46.1 Å². The minimum atomic E-state index is -3.81. The van der Waals surface area contributed by atoms with Gasteiger partial charge in [0.15, 0.2) is 63.0 Å². The number of carbonyl (C=O) groups is 6. The molecule has 38 heteroatoms. The molecule has 0 amide bonds. The predicted molar refractivity (Wildman–Crippen MR) is 506 cm³/mol. The van der Waals surface area contributed by atoms with Gasteiger partial charge < -0.3 is 34.0 Å². The Hall–Kier alpha value is -13.5. The average molecular weight is 1960 g/mol. The Bertz CT molecular complexity index is 6190. The van der Waals surface area contributed by atoms with Crippen LogP contribution in [0.3, 0.4) is 0 Å². The molecule has 0 radical (unpaired) electrons. The molecule has 0 saturated heterocycles. The van der Waals surface area contributed by atoms with Gasteiger partial charge in [0, 0.05) is 24.9 Å². The van der Waals surface area contributed by atoms with Gasteiger partial charge in [0.1, 0.15) is 33.9 Å². The molecule has 14 rings (SSSR count). The van der Waals surface area contributed by atoms with Crippen molar-refractivity contribution < 1.29 is 69.7 Å². The summed E-state index contributed by atoms with van der Waals surface area (Å²) < 4.78 is 91.9. The summed E-state index contributed by atoms with van der Waals surface area (Å²) in [5, 5.41) is 19.9. The fourth-order valence-corrected chi connectivity index (χ4v) is 27.0. The molecule has 0 saturated carbocycles. The van der Waals surface area contributed by atoms with E-state index in [-0.39, 0.29) is 59.7 Å². The molecule has 0 aliphatic carbocycles. The van der Waals surface area contributed by atoms with E-state index in [1.54, 1.807) is 139 Å². The van der Waals surface area contributed by atoms with Crippen LogP contribution in [0.1, 0.15) is 213 Å². The van der Waals surface area contributed by atoms with Gasteiger partial charge in [-0.3, -0.25) is 14.6 Å². The molecule has 33 nitrogen and oxygen atoms in total. The zero-order valence-corrected chi connectivity index (χ0v) is 79.8. The summed E-state index contributed by atoms with van der Waals surface area (Å²) in [6, 6.07) is 34.6. The molecule has 11 aromatic heterocycles. The first-order valence-corrected chi connectivity index (χ1v) is 52.3. The second-order valence-corrected chi connectivity index (χ2v) is 43.8. The number of aldehydes is 1. The maximum atomic E-state index is 13.3. The zero-order chi connectivity index (χ0) is 95.6. The van der Waals surface area contributed by atoms with E-state index in [0.29, 0.717) is 107 Å². The summed E-state index contributed by atoms with van der Waals surface area (Å²) >= 11 is 3.87. The number of unbranched alkanes of at least 4 members (excludes halogenated alkanes) is 3. The van der Waals surface area contributed by atoms with Gasteiger partial charge in [-0.05, 0) is 189 Å². The van der Waals surface area contributed by atoms with E-state index in [1.165, 1.54) is 135 Å². The first-order valence-electron chi connectivity index (χ1n) is 42.6. The number of carbonyl (C=O) groups excluding carboxylic acids is 6. The summed E-state index contributed by atoms with van der Waals surface area (Å²) in [7, 11) is -3.81. The van der Waals surface area contributed by atoms with Crippen LogP contribution in [0.15, 0.2) is 198 Å². The number of esters is 5.